The molecular formula is C23H26N2O3. The molecule has 5 heteroatoms. The Bertz CT molecular complexity index is 877. The van der Waals surface area contributed by atoms with Crippen LogP contribution in [0.2, 0.25) is 0 Å². The van der Waals surface area contributed by atoms with Gasteiger partial charge in [0.05, 0.1) is 24.8 Å². The first-order chi connectivity index (χ1) is 13.6. The van der Waals surface area contributed by atoms with Crippen LogP contribution in [0.15, 0.2) is 48.5 Å². The molecule has 2 fully saturated rings. The number of amides is 2. The van der Waals surface area contributed by atoms with E-state index in [-0.39, 0.29) is 30.2 Å². The highest BCUT2D eigenvalue weighted by atomic mass is 16.5. The number of methoxy groups -OCH3 is 1. The Morgan fingerprint density at radius 3 is 2.61 bits per heavy atom. The molecule has 1 saturated heterocycles. The zero-order chi connectivity index (χ0) is 19.7. The van der Waals surface area contributed by atoms with Crippen LogP contribution in [-0.2, 0) is 9.59 Å². The van der Waals surface area contributed by atoms with Crippen LogP contribution in [0, 0.1) is 18.8 Å². The van der Waals surface area contributed by atoms with Crippen LogP contribution < -0.4 is 15.0 Å². The molecule has 0 spiro atoms. The van der Waals surface area contributed by atoms with Crippen LogP contribution in [0.3, 0.4) is 0 Å². The van der Waals surface area contributed by atoms with Gasteiger partial charge in [-0.25, -0.2) is 0 Å². The summed E-state index contributed by atoms with van der Waals surface area (Å²) < 4.78 is 5.42. The Balaban J connectivity index is 1.49. The van der Waals surface area contributed by atoms with Gasteiger partial charge in [0, 0.05) is 13.0 Å². The van der Waals surface area contributed by atoms with E-state index in [9.17, 15) is 9.59 Å². The van der Waals surface area contributed by atoms with Crippen LogP contribution in [0.5, 0.6) is 5.75 Å². The molecule has 1 saturated carbocycles. The topological polar surface area (TPSA) is 58.6 Å². The molecule has 1 heterocycles. The normalized spacial score (nSPS) is 20.1. The van der Waals surface area contributed by atoms with E-state index in [1.54, 1.807) is 12.0 Å². The van der Waals surface area contributed by atoms with Gasteiger partial charge in [0.25, 0.3) is 0 Å². The van der Waals surface area contributed by atoms with E-state index < -0.39 is 0 Å². The highest BCUT2D eigenvalue weighted by Gasteiger charge is 2.39. The van der Waals surface area contributed by atoms with E-state index in [0.717, 1.165) is 29.7 Å². The van der Waals surface area contributed by atoms with E-state index in [2.05, 4.69) is 17.4 Å². The summed E-state index contributed by atoms with van der Waals surface area (Å²) in [5, 5.41) is 3.22. The molecule has 28 heavy (non-hydrogen) atoms. The van der Waals surface area contributed by atoms with Gasteiger partial charge in [0.1, 0.15) is 5.75 Å². The number of hydrogen-bond acceptors (Lipinski definition) is 3. The summed E-state index contributed by atoms with van der Waals surface area (Å²) in [6.07, 6.45) is 2.50. The fourth-order valence-electron chi connectivity index (χ4n) is 3.96. The number of ether oxygens (including phenoxy) is 1. The number of benzene rings is 2. The Morgan fingerprint density at radius 1 is 1.18 bits per heavy atom. The zero-order valence-electron chi connectivity index (χ0n) is 16.4. The second kappa shape index (κ2) is 7.66. The van der Waals surface area contributed by atoms with E-state index >= 15 is 0 Å². The van der Waals surface area contributed by atoms with E-state index in [0.29, 0.717) is 18.2 Å². The number of hydrogen-bond donors (Lipinski definition) is 1. The lowest BCUT2D eigenvalue weighted by Crippen LogP contribution is -2.36. The van der Waals surface area contributed by atoms with E-state index in [1.807, 2.05) is 43.3 Å². The number of nitrogens with zero attached hydrogens (tertiary/aromatic N) is 1. The Kier molecular flexibility index (Phi) is 5.07. The average molecular weight is 378 g/mol. The highest BCUT2D eigenvalue weighted by Crippen LogP contribution is 2.41. The number of rotatable bonds is 6. The molecule has 0 aromatic heterocycles. The van der Waals surface area contributed by atoms with Crippen molar-refractivity contribution in [1.29, 1.82) is 0 Å². The first-order valence-electron chi connectivity index (χ1n) is 9.87. The second-order valence-corrected chi connectivity index (χ2v) is 7.82. The second-order valence-electron chi connectivity index (χ2n) is 7.82. The van der Waals surface area contributed by atoms with Gasteiger partial charge in [-0.05, 0) is 48.9 Å². The van der Waals surface area contributed by atoms with Crippen molar-refractivity contribution in [3.05, 3.63) is 59.7 Å². The van der Waals surface area contributed by atoms with Crippen LogP contribution in [0.4, 0.5) is 5.69 Å². The summed E-state index contributed by atoms with van der Waals surface area (Å²) in [6, 6.07) is 15.9. The predicted molar refractivity (Wildman–Crippen MR) is 108 cm³/mol. The Morgan fingerprint density at radius 2 is 1.93 bits per heavy atom. The summed E-state index contributed by atoms with van der Waals surface area (Å²) in [6.45, 7) is 2.37. The number of aryl methyl sites for hydroxylation is 1. The third-order valence-electron chi connectivity index (χ3n) is 5.67. The number of carbonyl (C=O) groups is 2. The predicted octanol–water partition coefficient (Wildman–Crippen LogP) is 3.62. The van der Waals surface area contributed by atoms with Gasteiger partial charge in [-0.1, -0.05) is 36.4 Å². The summed E-state index contributed by atoms with van der Waals surface area (Å²) in [5.74, 6) is 0.731. The average Bonchev–Trinajstić information content (AvgIpc) is 3.47. The maximum Gasteiger partial charge on any atom is 0.227 e. The number of nitrogens with one attached hydrogen (secondary N) is 1. The van der Waals surface area contributed by atoms with Crippen molar-refractivity contribution in [3.8, 4) is 5.75 Å². The summed E-state index contributed by atoms with van der Waals surface area (Å²) in [5.41, 5.74) is 2.93. The smallest absolute Gasteiger partial charge is 0.227 e. The molecule has 2 amide bonds. The molecule has 2 unspecified atom stereocenters. The molecule has 2 atom stereocenters. The van der Waals surface area contributed by atoms with E-state index in [1.165, 1.54) is 0 Å². The number of carbonyl (C=O) groups excluding carboxylic acids is 2. The van der Waals surface area contributed by atoms with Crippen LogP contribution in [-0.4, -0.2) is 25.5 Å². The van der Waals surface area contributed by atoms with Gasteiger partial charge in [-0.2, -0.15) is 0 Å². The first-order valence-corrected chi connectivity index (χ1v) is 9.87. The van der Waals surface area contributed by atoms with Crippen molar-refractivity contribution in [2.24, 2.45) is 11.8 Å². The van der Waals surface area contributed by atoms with E-state index in [4.69, 9.17) is 4.74 Å². The Hall–Kier alpha value is -2.82. The molecule has 146 valence electrons. The largest absolute Gasteiger partial charge is 0.495 e. The molecular weight excluding hydrogens is 352 g/mol. The minimum Gasteiger partial charge on any atom is -0.495 e. The van der Waals surface area contributed by atoms with Crippen molar-refractivity contribution in [2.75, 3.05) is 18.6 Å². The van der Waals surface area contributed by atoms with Crippen molar-refractivity contribution >= 4 is 17.5 Å². The third-order valence-corrected chi connectivity index (χ3v) is 5.67. The minimum absolute atomic E-state index is 0.0337. The summed E-state index contributed by atoms with van der Waals surface area (Å²) in [7, 11) is 1.60. The van der Waals surface area contributed by atoms with Crippen LogP contribution in [0.1, 0.15) is 36.4 Å². The minimum atomic E-state index is -0.345. The highest BCUT2D eigenvalue weighted by molar-refractivity contribution is 6.01. The molecule has 1 aliphatic carbocycles. The van der Waals surface area contributed by atoms with Crippen molar-refractivity contribution in [2.45, 2.75) is 32.2 Å². The maximum absolute atomic E-state index is 13.0. The van der Waals surface area contributed by atoms with Crippen molar-refractivity contribution < 1.29 is 14.3 Å². The summed E-state index contributed by atoms with van der Waals surface area (Å²) in [4.78, 5) is 27.3. The standard InChI is InChI=1S/C23H26N2O3/c1-15-8-11-20(28-2)19(12-15)25-14-18(13-21(25)26)23(27)24-22(17-9-10-17)16-6-4-3-5-7-16/h3-8,11-12,17-18,22H,9-10,13-14H2,1-2H3,(H,24,27). The van der Waals surface area contributed by atoms with Gasteiger partial charge >= 0.3 is 0 Å². The summed E-state index contributed by atoms with van der Waals surface area (Å²) >= 11 is 0. The molecule has 2 aromatic rings. The molecule has 2 aromatic carbocycles. The fraction of sp³-hybridized carbons (Fsp3) is 0.391. The molecule has 1 N–H and O–H groups in total. The Labute approximate surface area is 165 Å². The van der Waals surface area contributed by atoms with Gasteiger partial charge in [-0.15, -0.1) is 0 Å². The lowest BCUT2D eigenvalue weighted by molar-refractivity contribution is -0.127. The molecule has 4 rings (SSSR count). The first kappa shape index (κ1) is 18.5. The van der Waals surface area contributed by atoms with Gasteiger partial charge in [-0.3, -0.25) is 9.59 Å². The maximum atomic E-state index is 13.0. The zero-order valence-corrected chi connectivity index (χ0v) is 16.4. The monoisotopic (exact) mass is 378 g/mol. The molecule has 5 nitrogen and oxygen atoms in total. The third kappa shape index (κ3) is 3.75. The van der Waals surface area contributed by atoms with Crippen molar-refractivity contribution in [3.63, 3.8) is 0 Å². The lowest BCUT2D eigenvalue weighted by Gasteiger charge is -2.22. The van der Waals surface area contributed by atoms with Crippen molar-refractivity contribution in [1.82, 2.24) is 5.32 Å². The number of anilines is 1. The van der Waals surface area contributed by atoms with Crippen LogP contribution in [0.25, 0.3) is 0 Å². The molecule has 2 aliphatic rings. The molecule has 0 radical (unpaired) electrons. The SMILES string of the molecule is COc1ccc(C)cc1N1CC(C(=O)NC(c2ccccc2)C2CC2)CC1=O. The fourth-order valence-corrected chi connectivity index (χ4v) is 3.96. The van der Waals surface area contributed by atoms with Gasteiger partial charge < -0.3 is 15.0 Å². The molecule has 0 bridgehead atoms. The van der Waals surface area contributed by atoms with Gasteiger partial charge in [0.2, 0.25) is 11.8 Å². The van der Waals surface area contributed by atoms with Crippen LogP contribution >= 0.6 is 0 Å². The lowest BCUT2D eigenvalue weighted by atomic mass is 10.0. The van der Waals surface area contributed by atoms with Gasteiger partial charge in [0.15, 0.2) is 0 Å². The molecule has 1 aliphatic heterocycles. The quantitative estimate of drug-likeness (QED) is 0.835.